The number of nitro groups is 1. The Labute approximate surface area is 126 Å². The summed E-state index contributed by atoms with van der Waals surface area (Å²) in [4.78, 5) is 18.7. The van der Waals surface area contributed by atoms with E-state index < -0.39 is 4.92 Å². The molecule has 1 aromatic heterocycles. The average molecular weight is 308 g/mol. The van der Waals surface area contributed by atoms with Crippen molar-refractivity contribution in [2.24, 2.45) is 0 Å². The number of benzene rings is 1. The Kier molecular flexibility index (Phi) is 4.37. The molecule has 0 aliphatic rings. The van der Waals surface area contributed by atoms with Gasteiger partial charge in [0, 0.05) is 6.07 Å². The van der Waals surface area contributed by atoms with Crippen molar-refractivity contribution in [2.75, 3.05) is 0 Å². The highest BCUT2D eigenvalue weighted by atomic mass is 35.5. The zero-order valence-corrected chi connectivity index (χ0v) is 12.6. The molecule has 7 heteroatoms. The molecule has 0 aliphatic heterocycles. The van der Waals surface area contributed by atoms with Crippen LogP contribution >= 0.6 is 11.6 Å². The van der Waals surface area contributed by atoms with Crippen LogP contribution in [0.25, 0.3) is 0 Å². The van der Waals surface area contributed by atoms with E-state index in [9.17, 15) is 10.1 Å². The zero-order valence-electron chi connectivity index (χ0n) is 11.9. The van der Waals surface area contributed by atoms with Gasteiger partial charge in [-0.3, -0.25) is 10.1 Å². The van der Waals surface area contributed by atoms with Gasteiger partial charge in [0.2, 0.25) is 11.6 Å². The highest BCUT2D eigenvalue weighted by molar-refractivity contribution is 6.30. The molecular formula is C14H14ClN3O3. The van der Waals surface area contributed by atoms with Gasteiger partial charge in [-0.2, -0.15) is 0 Å². The van der Waals surface area contributed by atoms with Crippen molar-refractivity contribution in [1.82, 2.24) is 9.97 Å². The standard InChI is InChI=1S/C14H14ClN3O3/c1-4-10-13(15)16-7-17-14(10)21-12-9(3)5-8(2)6-11(12)18(19)20/h5-7H,4H2,1-3H3. The van der Waals surface area contributed by atoms with Crippen LogP contribution in [0.3, 0.4) is 0 Å². The number of nitrogens with zero attached hydrogens (tertiary/aromatic N) is 3. The summed E-state index contributed by atoms with van der Waals surface area (Å²) in [5.74, 6) is 0.419. The Morgan fingerprint density at radius 2 is 2.05 bits per heavy atom. The van der Waals surface area contributed by atoms with Crippen molar-refractivity contribution in [3.63, 3.8) is 0 Å². The van der Waals surface area contributed by atoms with Crippen molar-refractivity contribution >= 4 is 17.3 Å². The van der Waals surface area contributed by atoms with Crippen LogP contribution in [-0.4, -0.2) is 14.9 Å². The lowest BCUT2D eigenvalue weighted by Gasteiger charge is -2.12. The molecule has 0 saturated carbocycles. The van der Waals surface area contributed by atoms with Gasteiger partial charge in [-0.15, -0.1) is 0 Å². The number of aromatic nitrogens is 2. The smallest absolute Gasteiger partial charge is 0.312 e. The predicted octanol–water partition coefficient (Wildman–Crippen LogP) is 4.01. The molecule has 0 spiro atoms. The van der Waals surface area contributed by atoms with Gasteiger partial charge < -0.3 is 4.74 Å². The van der Waals surface area contributed by atoms with Crippen LogP contribution in [0.2, 0.25) is 5.15 Å². The molecular weight excluding hydrogens is 294 g/mol. The van der Waals surface area contributed by atoms with Gasteiger partial charge in [0.15, 0.2) is 0 Å². The van der Waals surface area contributed by atoms with Gasteiger partial charge in [-0.25, -0.2) is 9.97 Å². The van der Waals surface area contributed by atoms with E-state index in [0.717, 1.165) is 5.56 Å². The largest absolute Gasteiger partial charge is 0.431 e. The van der Waals surface area contributed by atoms with E-state index >= 15 is 0 Å². The maximum absolute atomic E-state index is 11.2. The summed E-state index contributed by atoms with van der Waals surface area (Å²) in [7, 11) is 0. The first-order valence-corrected chi connectivity index (χ1v) is 6.74. The maximum atomic E-state index is 11.2. The Morgan fingerprint density at radius 3 is 2.67 bits per heavy atom. The molecule has 0 unspecified atom stereocenters. The molecule has 0 aliphatic carbocycles. The first-order chi connectivity index (χ1) is 9.93. The number of hydrogen-bond acceptors (Lipinski definition) is 5. The summed E-state index contributed by atoms with van der Waals surface area (Å²) >= 11 is 6.00. The highest BCUT2D eigenvalue weighted by Crippen LogP contribution is 2.36. The van der Waals surface area contributed by atoms with E-state index in [4.69, 9.17) is 16.3 Å². The number of rotatable bonds is 4. The first kappa shape index (κ1) is 15.2. The lowest BCUT2D eigenvalue weighted by Crippen LogP contribution is -2.01. The first-order valence-electron chi connectivity index (χ1n) is 6.36. The van der Waals surface area contributed by atoms with Crippen LogP contribution < -0.4 is 4.74 Å². The minimum atomic E-state index is -0.469. The summed E-state index contributed by atoms with van der Waals surface area (Å²) in [6.07, 6.45) is 1.83. The minimum absolute atomic E-state index is 0.0933. The Morgan fingerprint density at radius 1 is 1.33 bits per heavy atom. The molecule has 1 aromatic carbocycles. The highest BCUT2D eigenvalue weighted by Gasteiger charge is 2.21. The summed E-state index contributed by atoms with van der Waals surface area (Å²) in [6, 6.07) is 3.29. The van der Waals surface area contributed by atoms with Gasteiger partial charge in [0.05, 0.1) is 10.5 Å². The second-order valence-corrected chi connectivity index (χ2v) is 4.95. The van der Waals surface area contributed by atoms with Crippen molar-refractivity contribution in [2.45, 2.75) is 27.2 Å². The number of aryl methyl sites for hydroxylation is 2. The van der Waals surface area contributed by atoms with Crippen LogP contribution in [0.1, 0.15) is 23.6 Å². The van der Waals surface area contributed by atoms with Gasteiger partial charge in [0.25, 0.3) is 0 Å². The molecule has 0 saturated heterocycles. The second-order valence-electron chi connectivity index (χ2n) is 4.59. The molecule has 0 bridgehead atoms. The Bertz CT molecular complexity index is 704. The van der Waals surface area contributed by atoms with E-state index in [0.29, 0.717) is 17.5 Å². The van der Waals surface area contributed by atoms with Gasteiger partial charge in [0.1, 0.15) is 11.5 Å². The number of halogens is 1. The normalized spacial score (nSPS) is 10.5. The van der Waals surface area contributed by atoms with E-state index in [1.54, 1.807) is 13.8 Å². The fourth-order valence-electron chi connectivity index (χ4n) is 2.06. The number of hydrogen-bond donors (Lipinski definition) is 0. The third kappa shape index (κ3) is 3.11. The van der Waals surface area contributed by atoms with Crippen LogP contribution in [0, 0.1) is 24.0 Å². The molecule has 0 N–H and O–H groups in total. The van der Waals surface area contributed by atoms with Gasteiger partial charge >= 0.3 is 5.69 Å². The fraction of sp³-hybridized carbons (Fsp3) is 0.286. The lowest BCUT2D eigenvalue weighted by atomic mass is 10.1. The lowest BCUT2D eigenvalue weighted by molar-refractivity contribution is -0.385. The molecule has 110 valence electrons. The summed E-state index contributed by atoms with van der Waals surface area (Å²) in [6.45, 7) is 5.43. The molecule has 1 heterocycles. The molecule has 6 nitrogen and oxygen atoms in total. The van der Waals surface area contributed by atoms with Crippen LogP contribution in [0.4, 0.5) is 5.69 Å². The summed E-state index contributed by atoms with van der Waals surface area (Å²) in [5.41, 5.74) is 1.99. The van der Waals surface area contributed by atoms with Crippen LogP contribution in [-0.2, 0) is 6.42 Å². The quantitative estimate of drug-likeness (QED) is 0.484. The average Bonchev–Trinajstić information content (AvgIpc) is 2.41. The third-order valence-corrected chi connectivity index (χ3v) is 3.33. The monoisotopic (exact) mass is 307 g/mol. The molecule has 0 atom stereocenters. The molecule has 0 fully saturated rings. The van der Waals surface area contributed by atoms with Crippen LogP contribution in [0.15, 0.2) is 18.5 Å². The second kappa shape index (κ2) is 6.05. The fourth-order valence-corrected chi connectivity index (χ4v) is 2.32. The Hall–Kier alpha value is -2.21. The maximum Gasteiger partial charge on any atom is 0.312 e. The predicted molar refractivity (Wildman–Crippen MR) is 79.1 cm³/mol. The molecule has 21 heavy (non-hydrogen) atoms. The van der Waals surface area contributed by atoms with E-state index in [1.165, 1.54) is 12.4 Å². The van der Waals surface area contributed by atoms with E-state index in [2.05, 4.69) is 9.97 Å². The van der Waals surface area contributed by atoms with Crippen molar-refractivity contribution in [1.29, 1.82) is 0 Å². The molecule has 2 rings (SSSR count). The summed E-state index contributed by atoms with van der Waals surface area (Å²) < 4.78 is 5.68. The molecule has 2 aromatic rings. The number of ether oxygens (including phenoxy) is 1. The number of nitro benzene ring substituents is 1. The van der Waals surface area contributed by atoms with Crippen molar-refractivity contribution in [3.05, 3.63) is 50.4 Å². The van der Waals surface area contributed by atoms with E-state index in [-0.39, 0.29) is 22.5 Å². The van der Waals surface area contributed by atoms with Crippen LogP contribution in [0.5, 0.6) is 11.6 Å². The summed E-state index contributed by atoms with van der Waals surface area (Å²) in [5, 5.41) is 11.5. The van der Waals surface area contributed by atoms with Gasteiger partial charge in [-0.1, -0.05) is 24.6 Å². The van der Waals surface area contributed by atoms with Gasteiger partial charge in [-0.05, 0) is 31.4 Å². The SMILES string of the molecule is CCc1c(Cl)ncnc1Oc1c(C)cc(C)cc1[N+](=O)[O-]. The van der Waals surface area contributed by atoms with E-state index in [1.807, 2.05) is 13.0 Å². The molecule has 0 radical (unpaired) electrons. The zero-order chi connectivity index (χ0) is 15.6. The third-order valence-electron chi connectivity index (χ3n) is 3.00. The topological polar surface area (TPSA) is 78.2 Å². The Balaban J connectivity index is 2.54. The van der Waals surface area contributed by atoms with Crippen molar-refractivity contribution < 1.29 is 9.66 Å². The minimum Gasteiger partial charge on any atom is -0.431 e. The van der Waals surface area contributed by atoms with Crippen molar-refractivity contribution in [3.8, 4) is 11.6 Å². The molecule has 0 amide bonds.